The van der Waals surface area contributed by atoms with Gasteiger partial charge in [0.05, 0.1) is 6.61 Å². The van der Waals surface area contributed by atoms with Crippen molar-refractivity contribution >= 4 is 6.29 Å². The number of carbonyl (C=O) groups excluding carboxylic acids is 1. The lowest BCUT2D eigenvalue weighted by Gasteiger charge is -2.09. The van der Waals surface area contributed by atoms with Gasteiger partial charge in [-0.1, -0.05) is 13.8 Å². The SMILES string of the molecule is CN.Cc1cc(OCCC(C)C)ccc1C=O. The van der Waals surface area contributed by atoms with Crippen LogP contribution >= 0.6 is 0 Å². The summed E-state index contributed by atoms with van der Waals surface area (Å²) in [7, 11) is 1.50. The van der Waals surface area contributed by atoms with Crippen molar-refractivity contribution in [3.63, 3.8) is 0 Å². The molecular formula is C14H23NO2. The van der Waals surface area contributed by atoms with E-state index in [-0.39, 0.29) is 0 Å². The second-order valence-corrected chi connectivity index (χ2v) is 4.17. The molecule has 3 nitrogen and oxygen atoms in total. The molecule has 2 N–H and O–H groups in total. The number of ether oxygens (including phenoxy) is 1. The minimum Gasteiger partial charge on any atom is -0.494 e. The molecule has 17 heavy (non-hydrogen) atoms. The second-order valence-electron chi connectivity index (χ2n) is 4.17. The number of benzene rings is 1. The topological polar surface area (TPSA) is 52.3 Å². The predicted octanol–water partition coefficient (Wildman–Crippen LogP) is 2.81. The van der Waals surface area contributed by atoms with Gasteiger partial charge in [0.2, 0.25) is 0 Å². The third-order valence-electron chi connectivity index (χ3n) is 2.33. The zero-order valence-electron chi connectivity index (χ0n) is 11.2. The standard InChI is InChI=1S/C13H18O2.CH5N/c1-10(2)6-7-15-13-5-4-12(9-14)11(3)8-13;1-2/h4-5,8-10H,6-7H2,1-3H3;2H2,1H3. The van der Waals surface area contributed by atoms with Gasteiger partial charge in [-0.05, 0) is 50.1 Å². The van der Waals surface area contributed by atoms with Gasteiger partial charge in [0.15, 0.2) is 0 Å². The van der Waals surface area contributed by atoms with E-state index < -0.39 is 0 Å². The highest BCUT2D eigenvalue weighted by atomic mass is 16.5. The van der Waals surface area contributed by atoms with Gasteiger partial charge in [-0.3, -0.25) is 4.79 Å². The van der Waals surface area contributed by atoms with Crippen molar-refractivity contribution in [1.29, 1.82) is 0 Å². The number of aldehydes is 1. The molecule has 0 unspecified atom stereocenters. The number of hydrogen-bond donors (Lipinski definition) is 1. The average Bonchev–Trinajstić information content (AvgIpc) is 2.31. The second kappa shape index (κ2) is 8.76. The van der Waals surface area contributed by atoms with E-state index in [1.165, 1.54) is 7.05 Å². The number of carbonyl (C=O) groups is 1. The smallest absolute Gasteiger partial charge is 0.150 e. The first-order valence-corrected chi connectivity index (χ1v) is 5.90. The van der Waals surface area contributed by atoms with Crippen LogP contribution in [0.5, 0.6) is 5.75 Å². The molecule has 0 atom stereocenters. The molecule has 1 aromatic rings. The largest absolute Gasteiger partial charge is 0.494 e. The molecule has 0 heterocycles. The van der Waals surface area contributed by atoms with Gasteiger partial charge in [0.25, 0.3) is 0 Å². The molecule has 0 fully saturated rings. The normalized spacial score (nSPS) is 9.53. The van der Waals surface area contributed by atoms with Crippen molar-refractivity contribution in [2.24, 2.45) is 11.7 Å². The van der Waals surface area contributed by atoms with Crippen molar-refractivity contribution in [3.05, 3.63) is 29.3 Å². The lowest BCUT2D eigenvalue weighted by atomic mass is 10.1. The molecule has 0 saturated carbocycles. The maximum atomic E-state index is 10.6. The number of aryl methyl sites for hydroxylation is 1. The van der Waals surface area contributed by atoms with Crippen molar-refractivity contribution in [2.75, 3.05) is 13.7 Å². The van der Waals surface area contributed by atoms with Gasteiger partial charge in [0.1, 0.15) is 12.0 Å². The van der Waals surface area contributed by atoms with E-state index in [9.17, 15) is 4.79 Å². The third-order valence-corrected chi connectivity index (χ3v) is 2.33. The average molecular weight is 237 g/mol. The highest BCUT2D eigenvalue weighted by Crippen LogP contribution is 2.16. The maximum absolute atomic E-state index is 10.6. The lowest BCUT2D eigenvalue weighted by molar-refractivity contribution is 0.112. The summed E-state index contributed by atoms with van der Waals surface area (Å²) in [6.07, 6.45) is 1.92. The van der Waals surface area contributed by atoms with Crippen LogP contribution in [-0.4, -0.2) is 19.9 Å². The lowest BCUT2D eigenvalue weighted by Crippen LogP contribution is -2.01. The Kier molecular flexibility index (Phi) is 8.07. The van der Waals surface area contributed by atoms with E-state index in [2.05, 4.69) is 19.6 Å². The number of rotatable bonds is 5. The first-order valence-electron chi connectivity index (χ1n) is 5.90. The Labute approximate surface area is 104 Å². The molecule has 0 saturated heterocycles. The van der Waals surface area contributed by atoms with Crippen molar-refractivity contribution in [1.82, 2.24) is 0 Å². The van der Waals surface area contributed by atoms with Gasteiger partial charge < -0.3 is 10.5 Å². The van der Waals surface area contributed by atoms with Gasteiger partial charge in [-0.25, -0.2) is 0 Å². The van der Waals surface area contributed by atoms with Crippen LogP contribution in [0.4, 0.5) is 0 Å². The highest BCUT2D eigenvalue weighted by Gasteiger charge is 2.00. The summed E-state index contributed by atoms with van der Waals surface area (Å²) in [4.78, 5) is 10.6. The van der Waals surface area contributed by atoms with Crippen LogP contribution in [-0.2, 0) is 0 Å². The summed E-state index contributed by atoms with van der Waals surface area (Å²) >= 11 is 0. The van der Waals surface area contributed by atoms with Crippen molar-refractivity contribution in [3.8, 4) is 5.75 Å². The fourth-order valence-electron chi connectivity index (χ4n) is 1.28. The van der Waals surface area contributed by atoms with Crippen LogP contribution < -0.4 is 10.5 Å². The zero-order valence-corrected chi connectivity index (χ0v) is 11.2. The summed E-state index contributed by atoms with van der Waals surface area (Å²) in [6, 6.07) is 5.55. The van der Waals surface area contributed by atoms with Crippen LogP contribution in [0.15, 0.2) is 18.2 Å². The van der Waals surface area contributed by atoms with Gasteiger partial charge in [-0.2, -0.15) is 0 Å². The van der Waals surface area contributed by atoms with E-state index in [0.717, 1.165) is 36.2 Å². The van der Waals surface area contributed by atoms with Gasteiger partial charge >= 0.3 is 0 Å². The van der Waals surface area contributed by atoms with Gasteiger partial charge in [-0.15, -0.1) is 0 Å². The maximum Gasteiger partial charge on any atom is 0.150 e. The van der Waals surface area contributed by atoms with Crippen LogP contribution in [0, 0.1) is 12.8 Å². The summed E-state index contributed by atoms with van der Waals surface area (Å²) in [5.41, 5.74) is 6.19. The quantitative estimate of drug-likeness (QED) is 0.801. The molecule has 0 amide bonds. The highest BCUT2D eigenvalue weighted by molar-refractivity contribution is 5.77. The summed E-state index contributed by atoms with van der Waals surface area (Å²) < 4.78 is 5.58. The van der Waals surface area contributed by atoms with E-state index in [4.69, 9.17) is 4.74 Å². The number of nitrogens with two attached hydrogens (primary N) is 1. The zero-order chi connectivity index (χ0) is 13.3. The van der Waals surface area contributed by atoms with Crippen LogP contribution in [0.25, 0.3) is 0 Å². The molecule has 3 heteroatoms. The Hall–Kier alpha value is -1.35. The molecule has 0 aliphatic rings. The molecule has 1 aromatic carbocycles. The van der Waals surface area contributed by atoms with Crippen LogP contribution in [0.2, 0.25) is 0 Å². The number of hydrogen-bond acceptors (Lipinski definition) is 3. The fraction of sp³-hybridized carbons (Fsp3) is 0.500. The van der Waals surface area contributed by atoms with E-state index >= 15 is 0 Å². The van der Waals surface area contributed by atoms with Crippen LogP contribution in [0.3, 0.4) is 0 Å². The van der Waals surface area contributed by atoms with Crippen molar-refractivity contribution in [2.45, 2.75) is 27.2 Å². The monoisotopic (exact) mass is 237 g/mol. The Morgan fingerprint density at radius 3 is 2.47 bits per heavy atom. The Balaban J connectivity index is 0.00000121. The first-order chi connectivity index (χ1) is 8.13. The Bertz CT molecular complexity index is 335. The minimum atomic E-state index is 0.653. The van der Waals surface area contributed by atoms with E-state index in [1.807, 2.05) is 19.1 Å². The molecule has 0 spiro atoms. The molecule has 96 valence electrons. The third kappa shape index (κ3) is 6.07. The van der Waals surface area contributed by atoms with Crippen LogP contribution in [0.1, 0.15) is 36.2 Å². The molecule has 0 radical (unpaired) electrons. The summed E-state index contributed by atoms with van der Waals surface area (Å²) in [5, 5.41) is 0. The molecular weight excluding hydrogens is 214 g/mol. The molecule has 0 aromatic heterocycles. The first kappa shape index (κ1) is 15.7. The molecule has 0 bridgehead atoms. The predicted molar refractivity (Wildman–Crippen MR) is 71.6 cm³/mol. The summed E-state index contributed by atoms with van der Waals surface area (Å²) in [5.74, 6) is 1.50. The van der Waals surface area contributed by atoms with Gasteiger partial charge in [0, 0.05) is 5.56 Å². The fourth-order valence-corrected chi connectivity index (χ4v) is 1.28. The van der Waals surface area contributed by atoms with E-state index in [1.54, 1.807) is 6.07 Å². The molecule has 1 rings (SSSR count). The van der Waals surface area contributed by atoms with E-state index in [0.29, 0.717) is 5.92 Å². The minimum absolute atomic E-state index is 0.653. The Morgan fingerprint density at radius 2 is 2.00 bits per heavy atom. The van der Waals surface area contributed by atoms with Crippen molar-refractivity contribution < 1.29 is 9.53 Å². The summed E-state index contributed by atoms with van der Waals surface area (Å²) in [6.45, 7) is 6.99. The molecule has 0 aliphatic carbocycles. The Morgan fingerprint density at radius 1 is 1.35 bits per heavy atom. The molecule has 0 aliphatic heterocycles.